The molecule has 0 saturated heterocycles. The third kappa shape index (κ3) is 7.05. The van der Waals surface area contributed by atoms with Crippen LogP contribution in [-0.4, -0.2) is 27.5 Å². The third-order valence-electron chi connectivity index (χ3n) is 3.02. The second-order valence-electron chi connectivity index (χ2n) is 4.84. The molecule has 128 valence electrons. The highest BCUT2D eigenvalue weighted by atomic mass is 32.3. The summed E-state index contributed by atoms with van der Waals surface area (Å²) >= 11 is 0. The van der Waals surface area contributed by atoms with Gasteiger partial charge in [-0.05, 0) is 24.3 Å². The molecular weight excluding hydrogens is 340 g/mol. The van der Waals surface area contributed by atoms with Crippen molar-refractivity contribution in [3.8, 4) is 0 Å². The van der Waals surface area contributed by atoms with E-state index >= 15 is 0 Å². The number of hydrogen-bond donors (Lipinski definition) is 2. The van der Waals surface area contributed by atoms with Crippen LogP contribution in [0.25, 0.3) is 21.8 Å². The Kier molecular flexibility index (Phi) is 6.53. The summed E-state index contributed by atoms with van der Waals surface area (Å²) in [6, 6.07) is 24.2. The number of benzene rings is 2. The first-order valence-corrected chi connectivity index (χ1v) is 8.62. The SMILES string of the molecule is O=S(=O)(O)O.c1ccc2ncccc2c1.c1ccc2ncccc2c1. The zero-order chi connectivity index (χ0) is 18.1. The Hall–Kier alpha value is -2.87. The van der Waals surface area contributed by atoms with Gasteiger partial charge in [-0.2, -0.15) is 8.42 Å². The van der Waals surface area contributed by atoms with Gasteiger partial charge in [0.05, 0.1) is 11.0 Å². The molecule has 0 amide bonds. The minimum atomic E-state index is -4.67. The van der Waals surface area contributed by atoms with E-state index in [0.717, 1.165) is 11.0 Å². The predicted octanol–water partition coefficient (Wildman–Crippen LogP) is 3.82. The first-order chi connectivity index (χ1) is 11.9. The molecule has 2 aromatic heterocycles. The molecule has 0 saturated carbocycles. The fourth-order valence-corrected chi connectivity index (χ4v) is 2.03. The molecule has 7 heteroatoms. The molecule has 2 aromatic carbocycles. The molecular formula is C18H16N2O4S. The molecule has 2 heterocycles. The lowest BCUT2D eigenvalue weighted by Gasteiger charge is -1.91. The van der Waals surface area contributed by atoms with Crippen LogP contribution < -0.4 is 0 Å². The number of hydrogen-bond acceptors (Lipinski definition) is 4. The summed E-state index contributed by atoms with van der Waals surface area (Å²) in [5, 5.41) is 2.40. The number of aromatic nitrogens is 2. The number of pyridine rings is 2. The molecule has 4 aromatic rings. The zero-order valence-electron chi connectivity index (χ0n) is 13.1. The van der Waals surface area contributed by atoms with Gasteiger partial charge in [0, 0.05) is 23.2 Å². The second-order valence-corrected chi connectivity index (χ2v) is 5.74. The monoisotopic (exact) mass is 356 g/mol. The van der Waals surface area contributed by atoms with Gasteiger partial charge in [-0.1, -0.05) is 48.5 Å². The molecule has 4 rings (SSSR count). The van der Waals surface area contributed by atoms with Crippen molar-refractivity contribution in [3.63, 3.8) is 0 Å². The van der Waals surface area contributed by atoms with Gasteiger partial charge in [-0.3, -0.25) is 19.1 Å². The minimum Gasteiger partial charge on any atom is -0.264 e. The van der Waals surface area contributed by atoms with Crippen molar-refractivity contribution < 1.29 is 17.5 Å². The average Bonchev–Trinajstić information content (AvgIpc) is 2.61. The molecule has 0 spiro atoms. The van der Waals surface area contributed by atoms with E-state index in [4.69, 9.17) is 17.5 Å². The maximum absolute atomic E-state index is 8.74. The van der Waals surface area contributed by atoms with Gasteiger partial charge >= 0.3 is 10.4 Å². The van der Waals surface area contributed by atoms with E-state index in [2.05, 4.69) is 34.2 Å². The summed E-state index contributed by atoms with van der Waals surface area (Å²) in [7, 11) is -4.67. The van der Waals surface area contributed by atoms with Crippen molar-refractivity contribution in [3.05, 3.63) is 85.2 Å². The van der Waals surface area contributed by atoms with Crippen molar-refractivity contribution in [2.75, 3.05) is 0 Å². The van der Waals surface area contributed by atoms with Gasteiger partial charge < -0.3 is 0 Å². The summed E-state index contributed by atoms with van der Waals surface area (Å²) in [4.78, 5) is 8.36. The molecule has 0 aliphatic rings. The molecule has 6 nitrogen and oxygen atoms in total. The summed E-state index contributed by atoms with van der Waals surface area (Å²) in [5.41, 5.74) is 2.12. The van der Waals surface area contributed by atoms with Crippen LogP contribution in [0.15, 0.2) is 85.2 Å². The van der Waals surface area contributed by atoms with Gasteiger partial charge in [0.1, 0.15) is 0 Å². The Morgan fingerprint density at radius 1 is 0.600 bits per heavy atom. The molecule has 0 fully saturated rings. The maximum Gasteiger partial charge on any atom is 0.394 e. The Morgan fingerprint density at radius 3 is 1.28 bits per heavy atom. The van der Waals surface area contributed by atoms with Crippen LogP contribution in [-0.2, 0) is 10.4 Å². The van der Waals surface area contributed by atoms with Crippen molar-refractivity contribution in [1.82, 2.24) is 9.97 Å². The topological polar surface area (TPSA) is 100 Å². The summed E-state index contributed by atoms with van der Waals surface area (Å²) in [6.45, 7) is 0. The molecule has 0 atom stereocenters. The molecule has 0 aliphatic heterocycles. The Morgan fingerprint density at radius 2 is 0.920 bits per heavy atom. The highest BCUT2D eigenvalue weighted by Crippen LogP contribution is 2.08. The maximum atomic E-state index is 8.74. The quantitative estimate of drug-likeness (QED) is 0.465. The van der Waals surface area contributed by atoms with Crippen molar-refractivity contribution in [1.29, 1.82) is 0 Å². The van der Waals surface area contributed by atoms with E-state index in [0.29, 0.717) is 0 Å². The first kappa shape index (κ1) is 18.5. The molecule has 0 radical (unpaired) electrons. The molecule has 25 heavy (non-hydrogen) atoms. The highest BCUT2D eigenvalue weighted by Gasteiger charge is 1.87. The lowest BCUT2D eigenvalue weighted by atomic mass is 10.2. The second kappa shape index (κ2) is 8.84. The zero-order valence-corrected chi connectivity index (χ0v) is 13.9. The lowest BCUT2D eigenvalue weighted by molar-refractivity contribution is 0.381. The van der Waals surface area contributed by atoms with Crippen LogP contribution in [0, 0.1) is 0 Å². The average molecular weight is 356 g/mol. The van der Waals surface area contributed by atoms with Crippen LogP contribution >= 0.6 is 0 Å². The first-order valence-electron chi connectivity index (χ1n) is 7.23. The summed E-state index contributed by atoms with van der Waals surface area (Å²) < 4.78 is 31.6. The number of nitrogens with zero attached hydrogens (tertiary/aromatic N) is 2. The van der Waals surface area contributed by atoms with Crippen LogP contribution in [0.1, 0.15) is 0 Å². The normalized spacial score (nSPS) is 10.3. The van der Waals surface area contributed by atoms with Gasteiger partial charge in [-0.15, -0.1) is 0 Å². The van der Waals surface area contributed by atoms with E-state index in [1.165, 1.54) is 10.8 Å². The van der Waals surface area contributed by atoms with Crippen molar-refractivity contribution in [2.24, 2.45) is 0 Å². The van der Waals surface area contributed by atoms with Crippen LogP contribution in [0.4, 0.5) is 0 Å². The van der Waals surface area contributed by atoms with E-state index in [1.807, 2.05) is 60.9 Å². The predicted molar refractivity (Wildman–Crippen MR) is 97.7 cm³/mol. The standard InChI is InChI=1S/2C9H7N.H2O4S/c2*1-2-6-9-8(4-1)5-3-7-10-9;1-5(2,3)4/h2*1-7H;(H2,1,2,3,4). The van der Waals surface area contributed by atoms with Crippen LogP contribution in [0.5, 0.6) is 0 Å². The van der Waals surface area contributed by atoms with Gasteiger partial charge in [0.25, 0.3) is 0 Å². The van der Waals surface area contributed by atoms with Gasteiger partial charge in [-0.25, -0.2) is 0 Å². The van der Waals surface area contributed by atoms with Gasteiger partial charge in [0.2, 0.25) is 0 Å². The van der Waals surface area contributed by atoms with E-state index in [9.17, 15) is 0 Å². The fraction of sp³-hybridized carbons (Fsp3) is 0. The largest absolute Gasteiger partial charge is 0.394 e. The number of para-hydroxylation sites is 2. The summed E-state index contributed by atoms with van der Waals surface area (Å²) in [5.74, 6) is 0. The lowest BCUT2D eigenvalue weighted by Crippen LogP contribution is -1.89. The molecule has 0 unspecified atom stereocenters. The fourth-order valence-electron chi connectivity index (χ4n) is 2.03. The van der Waals surface area contributed by atoms with Crippen molar-refractivity contribution >= 4 is 32.2 Å². The smallest absolute Gasteiger partial charge is 0.264 e. The Bertz CT molecular complexity index is 843. The number of rotatable bonds is 0. The summed E-state index contributed by atoms with van der Waals surface area (Å²) in [6.07, 6.45) is 3.62. The molecule has 0 aliphatic carbocycles. The third-order valence-corrected chi connectivity index (χ3v) is 3.02. The molecule has 2 N–H and O–H groups in total. The van der Waals surface area contributed by atoms with E-state index in [-0.39, 0.29) is 0 Å². The molecule has 0 bridgehead atoms. The van der Waals surface area contributed by atoms with Crippen LogP contribution in [0.3, 0.4) is 0 Å². The highest BCUT2D eigenvalue weighted by molar-refractivity contribution is 7.79. The van der Waals surface area contributed by atoms with Crippen molar-refractivity contribution in [2.45, 2.75) is 0 Å². The minimum absolute atomic E-state index is 1.06. The Balaban J connectivity index is 0.000000144. The van der Waals surface area contributed by atoms with Crippen LogP contribution in [0.2, 0.25) is 0 Å². The Labute approximate surface area is 145 Å². The van der Waals surface area contributed by atoms with Gasteiger partial charge in [0.15, 0.2) is 0 Å². The number of fused-ring (bicyclic) bond motifs is 2. The van der Waals surface area contributed by atoms with E-state index < -0.39 is 10.4 Å². The van der Waals surface area contributed by atoms with E-state index in [1.54, 1.807) is 0 Å².